The van der Waals surface area contributed by atoms with Gasteiger partial charge in [-0.05, 0) is 36.5 Å². The Balaban J connectivity index is 1.68. The second-order valence-corrected chi connectivity index (χ2v) is 8.15. The zero-order valence-electron chi connectivity index (χ0n) is 18.8. The Kier molecular flexibility index (Phi) is 6.55. The first-order chi connectivity index (χ1) is 15.1. The van der Waals surface area contributed by atoms with Crippen LogP contribution in [0.3, 0.4) is 0 Å². The lowest BCUT2D eigenvalue weighted by Gasteiger charge is -2.38. The van der Waals surface area contributed by atoms with E-state index in [1.807, 2.05) is 26.0 Å². The zero-order chi connectivity index (χ0) is 21.8. The highest BCUT2D eigenvalue weighted by molar-refractivity contribution is 5.91. The fourth-order valence-corrected chi connectivity index (χ4v) is 4.29. The third-order valence-electron chi connectivity index (χ3n) is 6.32. The molecule has 31 heavy (non-hydrogen) atoms. The monoisotopic (exact) mass is 423 g/mol. The topological polar surface area (TPSA) is 77.5 Å². The van der Waals surface area contributed by atoms with Gasteiger partial charge in [0.05, 0.1) is 24.2 Å². The number of aromatic amines is 1. The number of H-pyrrole nitrogens is 1. The Bertz CT molecular complexity index is 991. The number of benzene rings is 1. The van der Waals surface area contributed by atoms with Gasteiger partial charge in [0.15, 0.2) is 5.82 Å². The van der Waals surface area contributed by atoms with Crippen molar-refractivity contribution in [3.63, 3.8) is 0 Å². The van der Waals surface area contributed by atoms with E-state index in [9.17, 15) is 5.11 Å². The average molecular weight is 424 g/mol. The molecule has 0 amide bonds. The molecule has 3 aromatic rings. The van der Waals surface area contributed by atoms with Gasteiger partial charge in [0.2, 0.25) is 0 Å². The molecule has 1 saturated heterocycles. The highest BCUT2D eigenvalue weighted by Gasteiger charge is 2.25. The lowest BCUT2D eigenvalue weighted by atomic mass is 9.88. The first-order valence-electron chi connectivity index (χ1n) is 11.4. The molecule has 7 nitrogen and oxygen atoms in total. The summed E-state index contributed by atoms with van der Waals surface area (Å²) in [5.41, 5.74) is 3.08. The summed E-state index contributed by atoms with van der Waals surface area (Å²) in [5.74, 6) is 0.930. The van der Waals surface area contributed by atoms with E-state index in [1.54, 1.807) is 6.33 Å². The van der Waals surface area contributed by atoms with Gasteiger partial charge in [0.1, 0.15) is 12.0 Å². The van der Waals surface area contributed by atoms with Gasteiger partial charge >= 0.3 is 0 Å². The van der Waals surface area contributed by atoms with Gasteiger partial charge < -0.3 is 14.8 Å². The lowest BCUT2D eigenvalue weighted by molar-refractivity contribution is 0.0284. The van der Waals surface area contributed by atoms with Crippen molar-refractivity contribution in [2.45, 2.75) is 45.6 Å². The zero-order valence-corrected chi connectivity index (χ0v) is 18.8. The molecule has 1 aliphatic rings. The molecule has 0 unspecified atom stereocenters. The smallest absolute Gasteiger partial charge is 0.155 e. The van der Waals surface area contributed by atoms with Crippen molar-refractivity contribution in [1.29, 1.82) is 0 Å². The molecule has 0 saturated carbocycles. The largest absolute Gasteiger partial charge is 0.385 e. The lowest BCUT2D eigenvalue weighted by Crippen LogP contribution is -2.49. The molecule has 0 spiro atoms. The molecule has 1 fully saturated rings. The molecule has 2 N–H and O–H groups in total. The molecule has 2 aromatic heterocycles. The maximum absolute atomic E-state index is 10.8. The standard InChI is InChI=1S/C24H33N5O2/c1-4-11-29(28-12-14-31-15-13-28)23-20-16-21(27-22(20)25-17-26-23)18-7-9-19(10-8-18)24(30,5-2)6-3/h7-10,16-17,30H,4-6,11-15H2,1-3H3,(H,25,26,27). The van der Waals surface area contributed by atoms with Crippen LogP contribution in [0.2, 0.25) is 0 Å². The second-order valence-electron chi connectivity index (χ2n) is 8.15. The first kappa shape index (κ1) is 21.7. The van der Waals surface area contributed by atoms with E-state index < -0.39 is 5.60 Å². The molecule has 4 rings (SSSR count). The summed E-state index contributed by atoms with van der Waals surface area (Å²) in [6.45, 7) is 10.3. The van der Waals surface area contributed by atoms with E-state index in [0.29, 0.717) is 12.8 Å². The summed E-state index contributed by atoms with van der Waals surface area (Å²) in [4.78, 5) is 12.6. The number of fused-ring (bicyclic) bond motifs is 1. The summed E-state index contributed by atoms with van der Waals surface area (Å²) < 4.78 is 5.54. The van der Waals surface area contributed by atoms with Crippen LogP contribution >= 0.6 is 0 Å². The van der Waals surface area contributed by atoms with Crippen molar-refractivity contribution < 1.29 is 9.84 Å². The molecule has 3 heterocycles. The summed E-state index contributed by atoms with van der Waals surface area (Å²) in [6, 6.07) is 10.3. The number of aromatic nitrogens is 3. The minimum atomic E-state index is -0.767. The van der Waals surface area contributed by atoms with Crippen LogP contribution in [0.15, 0.2) is 36.7 Å². The number of anilines is 1. The van der Waals surface area contributed by atoms with Crippen LogP contribution in [0, 0.1) is 0 Å². The van der Waals surface area contributed by atoms with Crippen LogP contribution in [-0.4, -0.2) is 57.9 Å². The van der Waals surface area contributed by atoms with E-state index in [0.717, 1.165) is 72.9 Å². The van der Waals surface area contributed by atoms with E-state index in [4.69, 9.17) is 4.74 Å². The van der Waals surface area contributed by atoms with Crippen LogP contribution < -0.4 is 5.01 Å². The molecule has 7 heteroatoms. The number of aliphatic hydroxyl groups is 1. The van der Waals surface area contributed by atoms with Crippen molar-refractivity contribution in [2.24, 2.45) is 0 Å². The molecular weight excluding hydrogens is 390 g/mol. The second kappa shape index (κ2) is 9.34. The predicted octanol–water partition coefficient (Wildman–Crippen LogP) is 4.10. The SMILES string of the molecule is CCCN(c1ncnc2[nH]c(-c3ccc(C(O)(CC)CC)cc3)cc12)N1CCOCC1. The van der Waals surface area contributed by atoms with E-state index in [2.05, 4.69) is 50.1 Å². The molecule has 0 radical (unpaired) electrons. The van der Waals surface area contributed by atoms with E-state index in [-0.39, 0.29) is 0 Å². The number of ether oxygens (including phenoxy) is 1. The number of hydrogen-bond donors (Lipinski definition) is 2. The number of rotatable bonds is 8. The third-order valence-corrected chi connectivity index (χ3v) is 6.32. The average Bonchev–Trinajstić information content (AvgIpc) is 3.27. The van der Waals surface area contributed by atoms with Gasteiger partial charge in [-0.25, -0.2) is 15.0 Å². The van der Waals surface area contributed by atoms with Crippen LogP contribution in [-0.2, 0) is 10.3 Å². The Morgan fingerprint density at radius 2 is 1.81 bits per heavy atom. The van der Waals surface area contributed by atoms with E-state index >= 15 is 0 Å². The number of nitrogens with zero attached hydrogens (tertiary/aromatic N) is 4. The third kappa shape index (κ3) is 4.31. The van der Waals surface area contributed by atoms with Gasteiger partial charge in [0, 0.05) is 25.3 Å². The van der Waals surface area contributed by atoms with Crippen molar-refractivity contribution in [3.8, 4) is 11.3 Å². The van der Waals surface area contributed by atoms with Gasteiger partial charge in [-0.15, -0.1) is 0 Å². The molecule has 1 aromatic carbocycles. The maximum Gasteiger partial charge on any atom is 0.155 e. The number of morpholine rings is 1. The Morgan fingerprint density at radius 1 is 1.10 bits per heavy atom. The molecular formula is C24H33N5O2. The molecule has 1 aliphatic heterocycles. The number of hydrazine groups is 1. The van der Waals surface area contributed by atoms with Crippen molar-refractivity contribution in [2.75, 3.05) is 37.9 Å². The minimum absolute atomic E-state index is 0.697. The number of nitrogens with one attached hydrogen (secondary N) is 1. The van der Waals surface area contributed by atoms with Crippen LogP contribution in [0.4, 0.5) is 5.82 Å². The van der Waals surface area contributed by atoms with Gasteiger partial charge in [0.25, 0.3) is 0 Å². The molecule has 0 atom stereocenters. The predicted molar refractivity (Wildman–Crippen MR) is 124 cm³/mol. The fourth-order valence-electron chi connectivity index (χ4n) is 4.29. The summed E-state index contributed by atoms with van der Waals surface area (Å²) in [6.07, 6.45) is 4.05. The Morgan fingerprint density at radius 3 is 2.45 bits per heavy atom. The molecule has 0 bridgehead atoms. The Hall–Kier alpha value is -2.48. The van der Waals surface area contributed by atoms with Gasteiger partial charge in [-0.2, -0.15) is 0 Å². The summed E-state index contributed by atoms with van der Waals surface area (Å²) in [5, 5.41) is 16.4. The van der Waals surface area contributed by atoms with Crippen LogP contribution in [0.5, 0.6) is 0 Å². The maximum atomic E-state index is 10.8. The fraction of sp³-hybridized carbons (Fsp3) is 0.500. The Labute approximate surface area is 184 Å². The molecule has 166 valence electrons. The normalized spacial score (nSPS) is 15.5. The quantitative estimate of drug-likeness (QED) is 0.568. The molecule has 0 aliphatic carbocycles. The summed E-state index contributed by atoms with van der Waals surface area (Å²) in [7, 11) is 0. The van der Waals surface area contributed by atoms with Crippen LogP contribution in [0.25, 0.3) is 22.3 Å². The first-order valence-corrected chi connectivity index (χ1v) is 11.4. The highest BCUT2D eigenvalue weighted by Crippen LogP contribution is 2.33. The van der Waals surface area contributed by atoms with E-state index in [1.165, 1.54) is 0 Å². The van der Waals surface area contributed by atoms with Crippen molar-refractivity contribution >= 4 is 16.9 Å². The highest BCUT2D eigenvalue weighted by atomic mass is 16.5. The van der Waals surface area contributed by atoms with Gasteiger partial charge in [-0.1, -0.05) is 45.0 Å². The van der Waals surface area contributed by atoms with Crippen molar-refractivity contribution in [3.05, 3.63) is 42.2 Å². The summed E-state index contributed by atoms with van der Waals surface area (Å²) >= 11 is 0. The van der Waals surface area contributed by atoms with Crippen molar-refractivity contribution in [1.82, 2.24) is 20.0 Å². The minimum Gasteiger partial charge on any atom is -0.385 e. The number of hydrogen-bond acceptors (Lipinski definition) is 6. The van der Waals surface area contributed by atoms with Crippen LogP contribution in [0.1, 0.15) is 45.6 Å². The van der Waals surface area contributed by atoms with Gasteiger partial charge in [-0.3, -0.25) is 5.01 Å².